The Bertz CT molecular complexity index is 1180. The average Bonchev–Trinajstić information content (AvgIpc) is 3.20. The normalized spacial score (nSPS) is 12.0. The number of oxazole rings is 1. The number of aromatic nitrogens is 2. The van der Waals surface area contributed by atoms with E-state index in [1.807, 2.05) is 0 Å². The maximum Gasteiger partial charge on any atom is 0.419 e. The number of hydrogen-bond acceptors (Lipinski definition) is 7. The summed E-state index contributed by atoms with van der Waals surface area (Å²) in [5.41, 5.74) is 2.40. The third-order valence-corrected chi connectivity index (χ3v) is 4.86. The Balaban J connectivity index is 1.67. The van der Waals surface area contributed by atoms with Gasteiger partial charge in [-0.1, -0.05) is 12.1 Å². The molecule has 30 heavy (non-hydrogen) atoms. The van der Waals surface area contributed by atoms with Gasteiger partial charge in [0.2, 0.25) is 5.78 Å². The molecule has 1 aromatic carbocycles. The number of esters is 2. The van der Waals surface area contributed by atoms with Gasteiger partial charge in [0.1, 0.15) is 0 Å². The van der Waals surface area contributed by atoms with Gasteiger partial charge in [0.15, 0.2) is 11.7 Å². The zero-order valence-corrected chi connectivity index (χ0v) is 17.1. The molecule has 9 nitrogen and oxygen atoms in total. The molecule has 158 valence electrons. The van der Waals surface area contributed by atoms with Crippen LogP contribution >= 0.6 is 0 Å². The molecule has 0 aliphatic rings. The number of nitrogens with one attached hydrogen (secondary N) is 1. The molecule has 0 fully saturated rings. The molecule has 2 aromatic heterocycles. The number of aromatic amines is 1. The minimum Gasteiger partial charge on any atom is -0.465 e. The van der Waals surface area contributed by atoms with Gasteiger partial charge in [0.25, 0.3) is 0 Å². The SMILES string of the molecule is COC(=O)c1c(C)[nH]c(C(=O)C(C)OC(=O)CCn2c(=O)oc3ccccc32)c1C. The fraction of sp³-hybridized carbons (Fsp3) is 0.333. The van der Waals surface area contributed by atoms with Gasteiger partial charge < -0.3 is 18.9 Å². The lowest BCUT2D eigenvalue weighted by atomic mass is 10.1. The zero-order valence-electron chi connectivity index (χ0n) is 17.1. The molecule has 3 rings (SSSR count). The number of carbonyl (C=O) groups excluding carboxylic acids is 3. The number of hydrogen-bond donors (Lipinski definition) is 1. The number of fused-ring (bicyclic) bond motifs is 1. The molecule has 0 radical (unpaired) electrons. The molecular formula is C21H22N2O7. The third kappa shape index (κ3) is 3.91. The summed E-state index contributed by atoms with van der Waals surface area (Å²) in [5.74, 6) is -2.23. The highest BCUT2D eigenvalue weighted by Crippen LogP contribution is 2.21. The molecule has 0 bridgehead atoms. The largest absolute Gasteiger partial charge is 0.465 e. The van der Waals surface area contributed by atoms with Crippen LogP contribution < -0.4 is 5.76 Å². The van der Waals surface area contributed by atoms with Crippen LogP contribution in [0.15, 0.2) is 33.5 Å². The van der Waals surface area contributed by atoms with E-state index in [4.69, 9.17) is 13.9 Å². The number of nitrogens with zero attached hydrogens (tertiary/aromatic N) is 1. The predicted octanol–water partition coefficient (Wildman–Crippen LogP) is 2.53. The molecule has 2 heterocycles. The summed E-state index contributed by atoms with van der Waals surface area (Å²) in [4.78, 5) is 51.7. The van der Waals surface area contributed by atoms with Crippen molar-refractivity contribution in [3.8, 4) is 0 Å². The molecule has 0 aliphatic heterocycles. The zero-order chi connectivity index (χ0) is 22.0. The molecule has 0 saturated carbocycles. The van der Waals surface area contributed by atoms with Crippen LogP contribution in [-0.4, -0.2) is 40.5 Å². The lowest BCUT2D eigenvalue weighted by molar-refractivity contribution is -0.146. The average molecular weight is 414 g/mol. The Labute approximate surface area is 171 Å². The van der Waals surface area contributed by atoms with Gasteiger partial charge in [-0.2, -0.15) is 0 Å². The second-order valence-corrected chi connectivity index (χ2v) is 6.85. The van der Waals surface area contributed by atoms with E-state index in [1.165, 1.54) is 18.6 Å². The monoisotopic (exact) mass is 414 g/mol. The van der Waals surface area contributed by atoms with Crippen molar-refractivity contribution in [1.82, 2.24) is 9.55 Å². The standard InChI is InChI=1S/C21H22N2O7/c1-11-17(20(26)28-4)12(2)22-18(11)19(25)13(3)29-16(24)9-10-23-14-7-5-6-8-15(14)30-21(23)27/h5-8,13,22H,9-10H2,1-4H3. The van der Waals surface area contributed by atoms with Gasteiger partial charge in [0, 0.05) is 12.2 Å². The first-order valence-corrected chi connectivity index (χ1v) is 9.34. The molecule has 0 saturated heterocycles. The number of H-pyrrole nitrogens is 1. The smallest absolute Gasteiger partial charge is 0.419 e. The van der Waals surface area contributed by atoms with Crippen LogP contribution in [0, 0.1) is 13.8 Å². The molecule has 1 N–H and O–H groups in total. The number of para-hydroxylation sites is 2. The molecule has 9 heteroatoms. The van der Waals surface area contributed by atoms with Crippen molar-refractivity contribution >= 4 is 28.8 Å². The highest BCUT2D eigenvalue weighted by Gasteiger charge is 2.27. The van der Waals surface area contributed by atoms with Gasteiger partial charge in [0.05, 0.1) is 30.3 Å². The van der Waals surface area contributed by atoms with E-state index < -0.39 is 29.6 Å². The van der Waals surface area contributed by atoms with Crippen molar-refractivity contribution in [2.45, 2.75) is 39.8 Å². The summed E-state index contributed by atoms with van der Waals surface area (Å²) >= 11 is 0. The van der Waals surface area contributed by atoms with Crippen LogP contribution in [0.2, 0.25) is 0 Å². The minimum atomic E-state index is -1.07. The van der Waals surface area contributed by atoms with E-state index in [1.54, 1.807) is 38.1 Å². The Morgan fingerprint density at radius 2 is 1.90 bits per heavy atom. The summed E-state index contributed by atoms with van der Waals surface area (Å²) in [6.45, 7) is 4.78. The number of methoxy groups -OCH3 is 1. The van der Waals surface area contributed by atoms with Crippen LogP contribution in [-0.2, 0) is 20.8 Å². The van der Waals surface area contributed by atoms with Crippen molar-refractivity contribution in [3.05, 3.63) is 57.3 Å². The van der Waals surface area contributed by atoms with Crippen molar-refractivity contribution < 1.29 is 28.3 Å². The number of Topliss-reactive ketones (excluding diaryl/α,β-unsaturated/α-hetero) is 1. The van der Waals surface area contributed by atoms with Gasteiger partial charge >= 0.3 is 17.7 Å². The van der Waals surface area contributed by atoms with Gasteiger partial charge in [-0.05, 0) is 38.5 Å². The van der Waals surface area contributed by atoms with Gasteiger partial charge in [-0.25, -0.2) is 9.59 Å². The van der Waals surface area contributed by atoms with Gasteiger partial charge in [-0.3, -0.25) is 14.2 Å². The number of ketones is 1. The van der Waals surface area contributed by atoms with E-state index in [9.17, 15) is 19.2 Å². The van der Waals surface area contributed by atoms with Crippen molar-refractivity contribution in [2.24, 2.45) is 0 Å². The molecule has 0 aliphatic carbocycles. The van der Waals surface area contributed by atoms with Crippen molar-refractivity contribution in [2.75, 3.05) is 7.11 Å². The van der Waals surface area contributed by atoms with E-state index in [0.29, 0.717) is 22.4 Å². The number of rotatable bonds is 7. The van der Waals surface area contributed by atoms with Crippen molar-refractivity contribution in [1.29, 1.82) is 0 Å². The first kappa shape index (κ1) is 21.1. The number of aryl methyl sites for hydroxylation is 2. The Morgan fingerprint density at radius 1 is 1.20 bits per heavy atom. The Hall–Kier alpha value is -3.62. The fourth-order valence-corrected chi connectivity index (χ4v) is 3.35. The fourth-order valence-electron chi connectivity index (χ4n) is 3.35. The summed E-state index contributed by atoms with van der Waals surface area (Å²) in [6, 6.07) is 6.88. The topological polar surface area (TPSA) is 121 Å². The predicted molar refractivity (Wildman–Crippen MR) is 107 cm³/mol. The summed E-state index contributed by atoms with van der Waals surface area (Å²) in [7, 11) is 1.26. The second kappa shape index (κ2) is 8.40. The number of ether oxygens (including phenoxy) is 2. The van der Waals surface area contributed by atoms with Crippen LogP contribution in [0.1, 0.15) is 45.4 Å². The molecule has 0 amide bonds. The molecular weight excluding hydrogens is 392 g/mol. The highest BCUT2D eigenvalue weighted by atomic mass is 16.5. The summed E-state index contributed by atoms with van der Waals surface area (Å²) in [6.07, 6.45) is -1.19. The van der Waals surface area contributed by atoms with Crippen LogP contribution in [0.3, 0.4) is 0 Å². The summed E-state index contributed by atoms with van der Waals surface area (Å²) in [5, 5.41) is 0. The Morgan fingerprint density at radius 3 is 2.60 bits per heavy atom. The number of carbonyl (C=O) groups is 3. The highest BCUT2D eigenvalue weighted by molar-refractivity contribution is 6.03. The van der Waals surface area contributed by atoms with Crippen LogP contribution in [0.5, 0.6) is 0 Å². The molecule has 1 atom stereocenters. The lowest BCUT2D eigenvalue weighted by Crippen LogP contribution is -2.26. The summed E-state index contributed by atoms with van der Waals surface area (Å²) < 4.78 is 16.4. The van der Waals surface area contributed by atoms with Crippen LogP contribution in [0.4, 0.5) is 0 Å². The van der Waals surface area contributed by atoms with Gasteiger partial charge in [-0.15, -0.1) is 0 Å². The molecule has 3 aromatic rings. The Kier molecular flexibility index (Phi) is 5.91. The van der Waals surface area contributed by atoms with Crippen molar-refractivity contribution in [3.63, 3.8) is 0 Å². The first-order valence-electron chi connectivity index (χ1n) is 9.34. The van der Waals surface area contributed by atoms with E-state index in [-0.39, 0.29) is 24.2 Å². The van der Waals surface area contributed by atoms with E-state index in [2.05, 4.69) is 4.98 Å². The third-order valence-electron chi connectivity index (χ3n) is 4.86. The maximum atomic E-state index is 12.7. The van der Waals surface area contributed by atoms with E-state index >= 15 is 0 Å². The quantitative estimate of drug-likeness (QED) is 0.466. The maximum absolute atomic E-state index is 12.7. The first-order chi connectivity index (χ1) is 14.2. The lowest BCUT2D eigenvalue weighted by Gasteiger charge is -2.12. The molecule has 0 spiro atoms. The number of benzene rings is 1. The van der Waals surface area contributed by atoms with E-state index in [0.717, 1.165) is 0 Å². The second-order valence-electron chi connectivity index (χ2n) is 6.85. The molecule has 1 unspecified atom stereocenters. The minimum absolute atomic E-state index is 0.0583. The van der Waals surface area contributed by atoms with Crippen LogP contribution in [0.25, 0.3) is 11.1 Å².